The molecule has 2 aliphatic heterocycles. The maximum atomic E-state index is 15.6. The molecular formula is C18H21ClF2N4O4. The van der Waals surface area contributed by atoms with Gasteiger partial charge in [0.25, 0.3) is 0 Å². The van der Waals surface area contributed by atoms with Crippen molar-refractivity contribution in [3.8, 4) is 0 Å². The number of ether oxygens (including phenoxy) is 1. The van der Waals surface area contributed by atoms with Crippen molar-refractivity contribution in [1.82, 2.24) is 4.57 Å². The Morgan fingerprint density at radius 3 is 2.41 bits per heavy atom. The molecule has 5 N–H and O–H groups in total. The highest BCUT2D eigenvalue weighted by atomic mass is 35.5. The predicted octanol–water partition coefficient (Wildman–Crippen LogP) is 1.34. The maximum Gasteiger partial charge on any atom is 0.341 e. The molecule has 2 aliphatic rings. The molecule has 1 aromatic heterocycles. The second-order valence-electron chi connectivity index (χ2n) is 7.44. The quantitative estimate of drug-likeness (QED) is 0.627. The molecule has 11 heteroatoms. The highest BCUT2D eigenvalue weighted by Gasteiger charge is 2.35. The van der Waals surface area contributed by atoms with E-state index in [1.165, 1.54) is 9.47 Å². The lowest BCUT2D eigenvalue weighted by molar-refractivity contribution is -0.0219. The molecule has 3 heterocycles. The number of carboxylic acid groups (broad SMARTS) is 1. The van der Waals surface area contributed by atoms with Gasteiger partial charge in [0.05, 0.1) is 35.8 Å². The Bertz CT molecular complexity index is 1050. The van der Waals surface area contributed by atoms with Crippen LogP contribution in [0.5, 0.6) is 0 Å². The second kappa shape index (κ2) is 7.43. The van der Waals surface area contributed by atoms with E-state index in [0.717, 1.165) is 6.20 Å². The molecule has 2 saturated heterocycles. The summed E-state index contributed by atoms with van der Waals surface area (Å²) in [5.41, 5.74) is 9.12. The molecule has 158 valence electrons. The van der Waals surface area contributed by atoms with Crippen LogP contribution < -0.4 is 21.8 Å². The molecule has 8 nitrogen and oxygen atoms in total. The van der Waals surface area contributed by atoms with E-state index in [1.807, 2.05) is 6.92 Å². The van der Waals surface area contributed by atoms with Crippen molar-refractivity contribution in [2.45, 2.75) is 19.0 Å². The third-order valence-electron chi connectivity index (χ3n) is 5.60. The molecule has 0 spiro atoms. The number of aromatic nitrogens is 1. The average Bonchev–Trinajstić information content (AvgIpc) is 2.90. The Morgan fingerprint density at radius 2 is 1.93 bits per heavy atom. The van der Waals surface area contributed by atoms with Crippen LogP contribution in [0.15, 0.2) is 11.0 Å². The van der Waals surface area contributed by atoms with Gasteiger partial charge in [0.1, 0.15) is 11.3 Å². The lowest BCUT2D eigenvalue weighted by Crippen LogP contribution is -2.34. The number of aromatic carboxylic acids is 1. The third kappa shape index (κ3) is 3.11. The number of nitrogen functional groups attached to an aromatic ring is 1. The molecular weight excluding hydrogens is 410 g/mol. The first-order chi connectivity index (χ1) is 13.2. The predicted molar refractivity (Wildman–Crippen MR) is 106 cm³/mol. The van der Waals surface area contributed by atoms with E-state index >= 15 is 8.78 Å². The van der Waals surface area contributed by atoms with Crippen molar-refractivity contribution in [3.05, 3.63) is 33.6 Å². The topological polar surface area (TPSA) is 124 Å². The Hall–Kier alpha value is -2.43. The summed E-state index contributed by atoms with van der Waals surface area (Å²) in [6, 6.07) is -0.638. The van der Waals surface area contributed by atoms with Crippen molar-refractivity contribution in [2.75, 3.05) is 36.9 Å². The molecule has 0 bridgehead atoms. The number of pyridine rings is 1. The summed E-state index contributed by atoms with van der Waals surface area (Å²) in [4.78, 5) is 25.6. The van der Waals surface area contributed by atoms with Gasteiger partial charge in [-0.3, -0.25) is 4.79 Å². The van der Waals surface area contributed by atoms with Gasteiger partial charge in [-0.05, 0) is 5.92 Å². The van der Waals surface area contributed by atoms with Crippen LogP contribution in [-0.4, -0.2) is 48.0 Å². The molecule has 0 saturated carbocycles. The van der Waals surface area contributed by atoms with Gasteiger partial charge in [0, 0.05) is 25.3 Å². The molecule has 2 fully saturated rings. The van der Waals surface area contributed by atoms with Crippen LogP contribution in [0.25, 0.3) is 10.9 Å². The fraction of sp³-hybridized carbons (Fsp3) is 0.444. The summed E-state index contributed by atoms with van der Waals surface area (Å²) in [7, 11) is 0. The summed E-state index contributed by atoms with van der Waals surface area (Å²) < 4.78 is 37.1. The number of hydrogen-bond acceptors (Lipinski definition) is 6. The molecule has 2 atom stereocenters. The Balaban J connectivity index is 0.00000240. The van der Waals surface area contributed by atoms with Crippen LogP contribution in [0.4, 0.5) is 20.2 Å². The van der Waals surface area contributed by atoms with Gasteiger partial charge in [-0.2, -0.15) is 0 Å². The van der Waals surface area contributed by atoms with Crippen LogP contribution in [0, 0.1) is 17.6 Å². The molecule has 0 aliphatic carbocycles. The average molecular weight is 431 g/mol. The van der Waals surface area contributed by atoms with E-state index in [4.69, 9.17) is 16.2 Å². The maximum absolute atomic E-state index is 15.6. The van der Waals surface area contributed by atoms with Gasteiger partial charge in [-0.15, -0.1) is 12.4 Å². The monoisotopic (exact) mass is 430 g/mol. The first-order valence-corrected chi connectivity index (χ1v) is 8.89. The number of nitrogens with zero attached hydrogens (tertiary/aromatic N) is 2. The highest BCUT2D eigenvalue weighted by molar-refractivity contribution is 5.99. The van der Waals surface area contributed by atoms with E-state index in [9.17, 15) is 14.7 Å². The normalized spacial score (nSPS) is 21.9. The van der Waals surface area contributed by atoms with Gasteiger partial charge >= 0.3 is 5.97 Å². The molecule has 1 aromatic carbocycles. The summed E-state index contributed by atoms with van der Waals surface area (Å²) >= 11 is 0. The van der Waals surface area contributed by atoms with Gasteiger partial charge in [0.15, 0.2) is 11.6 Å². The number of halogens is 3. The smallest absolute Gasteiger partial charge is 0.341 e. The lowest BCUT2D eigenvalue weighted by Gasteiger charge is -2.31. The van der Waals surface area contributed by atoms with Crippen LogP contribution in [0.2, 0.25) is 0 Å². The number of hydrogen-bond donors (Lipinski definition) is 3. The Kier molecular flexibility index (Phi) is 5.46. The van der Waals surface area contributed by atoms with E-state index in [0.29, 0.717) is 6.54 Å². The molecule has 29 heavy (non-hydrogen) atoms. The number of fused-ring (bicyclic) bond motifs is 1. The summed E-state index contributed by atoms with van der Waals surface area (Å²) in [6.45, 7) is 2.89. The standard InChI is InChI=1S/C18H20F2N4O4.ClH/c1-7-2-23(4-10(7)21)16-12(19)14(22)11-15(13(16)20)24(8-5-28-6-8)3-9(17(11)25)18(26)27;/h3,7-8,10H,2,4-6,21-22H2,1H3,(H,26,27);1H/t7-,10-;/m1./s1. The van der Waals surface area contributed by atoms with Crippen LogP contribution in [-0.2, 0) is 4.74 Å². The van der Waals surface area contributed by atoms with E-state index in [2.05, 4.69) is 0 Å². The van der Waals surface area contributed by atoms with Crippen LogP contribution in [0.1, 0.15) is 23.3 Å². The largest absolute Gasteiger partial charge is 0.477 e. The van der Waals surface area contributed by atoms with Crippen molar-refractivity contribution < 1.29 is 23.4 Å². The zero-order valence-corrected chi connectivity index (χ0v) is 16.3. The van der Waals surface area contributed by atoms with Crippen molar-refractivity contribution >= 4 is 40.7 Å². The summed E-state index contributed by atoms with van der Waals surface area (Å²) in [5.74, 6) is -3.51. The van der Waals surface area contributed by atoms with E-state index in [-0.39, 0.29) is 61.4 Å². The molecule has 0 amide bonds. The zero-order valence-electron chi connectivity index (χ0n) is 15.5. The molecule has 4 rings (SSSR count). The lowest BCUT2D eigenvalue weighted by atomic mass is 10.0. The third-order valence-corrected chi connectivity index (χ3v) is 5.60. The Morgan fingerprint density at radius 1 is 1.28 bits per heavy atom. The summed E-state index contributed by atoms with van der Waals surface area (Å²) in [5, 5.41) is 8.87. The second-order valence-corrected chi connectivity index (χ2v) is 7.44. The number of nitrogens with two attached hydrogens (primary N) is 2. The number of carboxylic acids is 1. The fourth-order valence-corrected chi connectivity index (χ4v) is 3.83. The molecule has 2 aromatic rings. The number of rotatable bonds is 3. The van der Waals surface area contributed by atoms with Gasteiger partial charge in [0.2, 0.25) is 5.43 Å². The van der Waals surface area contributed by atoms with Crippen molar-refractivity contribution in [2.24, 2.45) is 11.7 Å². The first kappa shape index (κ1) is 21.3. The van der Waals surface area contributed by atoms with Crippen molar-refractivity contribution in [3.63, 3.8) is 0 Å². The number of carbonyl (C=O) groups is 1. The van der Waals surface area contributed by atoms with E-state index < -0.39 is 39.7 Å². The van der Waals surface area contributed by atoms with Gasteiger partial charge < -0.3 is 30.8 Å². The first-order valence-electron chi connectivity index (χ1n) is 8.89. The van der Waals surface area contributed by atoms with Gasteiger partial charge in [-0.25, -0.2) is 13.6 Å². The summed E-state index contributed by atoms with van der Waals surface area (Å²) in [6.07, 6.45) is 1.07. The fourth-order valence-electron chi connectivity index (χ4n) is 3.83. The number of anilines is 2. The van der Waals surface area contributed by atoms with Crippen LogP contribution >= 0.6 is 12.4 Å². The van der Waals surface area contributed by atoms with Crippen LogP contribution in [0.3, 0.4) is 0 Å². The number of benzene rings is 1. The minimum atomic E-state index is -1.50. The minimum absolute atomic E-state index is 0. The van der Waals surface area contributed by atoms with Gasteiger partial charge in [-0.1, -0.05) is 6.92 Å². The zero-order chi connectivity index (χ0) is 20.3. The highest BCUT2D eigenvalue weighted by Crippen LogP contribution is 2.38. The molecule has 0 radical (unpaired) electrons. The van der Waals surface area contributed by atoms with Crippen molar-refractivity contribution in [1.29, 1.82) is 0 Å². The minimum Gasteiger partial charge on any atom is -0.477 e. The SMILES string of the molecule is C[C@@H]1CN(c2c(F)c(N)c3c(=O)c(C(=O)O)cn(C4COC4)c3c2F)C[C@H]1N.Cl. The Labute approximate surface area is 170 Å². The van der Waals surface area contributed by atoms with E-state index in [1.54, 1.807) is 0 Å². The molecule has 0 unspecified atom stereocenters.